The highest BCUT2D eigenvalue weighted by atomic mass is 32.1. The Hall–Kier alpha value is -1.06. The summed E-state index contributed by atoms with van der Waals surface area (Å²) in [5, 5.41) is 3.48. The molecular weight excluding hydrogens is 230 g/mol. The lowest BCUT2D eigenvalue weighted by Crippen LogP contribution is -2.16. The minimum atomic E-state index is 0.260. The van der Waals surface area contributed by atoms with Gasteiger partial charge in [0, 0.05) is 16.3 Å². The highest BCUT2D eigenvalue weighted by Crippen LogP contribution is 2.19. The maximum atomic E-state index is 5.60. The van der Waals surface area contributed by atoms with Gasteiger partial charge in [0.1, 0.15) is 11.5 Å². The summed E-state index contributed by atoms with van der Waals surface area (Å²) in [6.07, 6.45) is 1.12. The van der Waals surface area contributed by atoms with Crippen molar-refractivity contribution < 1.29 is 4.42 Å². The third-order valence-electron chi connectivity index (χ3n) is 2.84. The van der Waals surface area contributed by atoms with E-state index in [9.17, 15) is 0 Å². The van der Waals surface area contributed by atoms with Crippen molar-refractivity contribution >= 4 is 11.3 Å². The van der Waals surface area contributed by atoms with Crippen LogP contribution in [-0.2, 0) is 13.0 Å². The molecule has 0 aliphatic rings. The second-order valence-corrected chi connectivity index (χ2v) is 5.53. The van der Waals surface area contributed by atoms with Crippen LogP contribution in [0.1, 0.15) is 41.2 Å². The van der Waals surface area contributed by atoms with Gasteiger partial charge in [0.15, 0.2) is 0 Å². The third-order valence-corrected chi connectivity index (χ3v) is 4.07. The molecule has 92 valence electrons. The summed E-state index contributed by atoms with van der Waals surface area (Å²) >= 11 is 1.88. The Morgan fingerprint density at radius 1 is 1.24 bits per heavy atom. The summed E-state index contributed by atoms with van der Waals surface area (Å²) in [4.78, 5) is 2.83. The molecule has 0 fully saturated rings. The van der Waals surface area contributed by atoms with Gasteiger partial charge in [-0.15, -0.1) is 11.3 Å². The van der Waals surface area contributed by atoms with E-state index in [0.29, 0.717) is 0 Å². The smallest absolute Gasteiger partial charge is 0.120 e. The van der Waals surface area contributed by atoms with Crippen LogP contribution in [0, 0.1) is 6.92 Å². The number of thiophene rings is 1. The van der Waals surface area contributed by atoms with Crippen LogP contribution in [-0.4, -0.2) is 0 Å². The lowest BCUT2D eigenvalue weighted by Gasteiger charge is -2.10. The molecule has 1 N–H and O–H groups in total. The highest BCUT2D eigenvalue weighted by Gasteiger charge is 2.09. The summed E-state index contributed by atoms with van der Waals surface area (Å²) < 4.78 is 5.60. The molecule has 0 radical (unpaired) electrons. The molecule has 0 aliphatic carbocycles. The van der Waals surface area contributed by atoms with Crippen LogP contribution < -0.4 is 5.32 Å². The van der Waals surface area contributed by atoms with Crippen LogP contribution in [0.2, 0.25) is 0 Å². The summed E-state index contributed by atoms with van der Waals surface area (Å²) in [7, 11) is 0. The number of nitrogens with one attached hydrogen (secondary N) is 1. The first kappa shape index (κ1) is 12.4. The molecule has 0 spiro atoms. The van der Waals surface area contributed by atoms with Crippen molar-refractivity contribution in [2.24, 2.45) is 0 Å². The van der Waals surface area contributed by atoms with E-state index >= 15 is 0 Å². The zero-order chi connectivity index (χ0) is 12.3. The van der Waals surface area contributed by atoms with E-state index in [1.54, 1.807) is 0 Å². The molecule has 2 rings (SSSR count). The average molecular weight is 249 g/mol. The van der Waals surface area contributed by atoms with E-state index in [1.165, 1.54) is 9.75 Å². The van der Waals surface area contributed by atoms with Gasteiger partial charge < -0.3 is 9.73 Å². The topological polar surface area (TPSA) is 25.2 Å². The SMILES string of the molecule is CCc1ccc(CNC(C)c2ccc(C)o2)s1. The van der Waals surface area contributed by atoms with Gasteiger partial charge in [-0.25, -0.2) is 0 Å². The Balaban J connectivity index is 1.89. The molecule has 1 unspecified atom stereocenters. The van der Waals surface area contributed by atoms with Gasteiger partial charge in [0.2, 0.25) is 0 Å². The summed E-state index contributed by atoms with van der Waals surface area (Å²) in [6, 6.07) is 8.73. The quantitative estimate of drug-likeness (QED) is 0.864. The third kappa shape index (κ3) is 3.20. The maximum Gasteiger partial charge on any atom is 0.120 e. The number of hydrogen-bond donors (Lipinski definition) is 1. The van der Waals surface area contributed by atoms with Gasteiger partial charge in [-0.05, 0) is 44.5 Å². The van der Waals surface area contributed by atoms with Gasteiger partial charge >= 0.3 is 0 Å². The second-order valence-electron chi connectivity index (χ2n) is 4.27. The van der Waals surface area contributed by atoms with E-state index in [0.717, 1.165) is 24.5 Å². The molecule has 0 aromatic carbocycles. The number of furan rings is 1. The summed E-state index contributed by atoms with van der Waals surface area (Å²) in [5.41, 5.74) is 0. The average Bonchev–Trinajstić information content (AvgIpc) is 2.94. The minimum Gasteiger partial charge on any atom is -0.465 e. The van der Waals surface area contributed by atoms with Crippen LogP contribution in [0.15, 0.2) is 28.7 Å². The van der Waals surface area contributed by atoms with Crippen LogP contribution in [0.25, 0.3) is 0 Å². The van der Waals surface area contributed by atoms with E-state index in [1.807, 2.05) is 30.4 Å². The molecule has 0 saturated carbocycles. The molecule has 17 heavy (non-hydrogen) atoms. The molecule has 2 aromatic heterocycles. The Kier molecular flexibility index (Phi) is 4.02. The lowest BCUT2D eigenvalue weighted by molar-refractivity contribution is 0.416. The Morgan fingerprint density at radius 2 is 2.00 bits per heavy atom. The molecule has 2 nitrogen and oxygen atoms in total. The van der Waals surface area contributed by atoms with E-state index < -0.39 is 0 Å². The van der Waals surface area contributed by atoms with Crippen LogP contribution in [0.4, 0.5) is 0 Å². The molecular formula is C14H19NOS. The molecule has 3 heteroatoms. The Labute approximate surface area is 107 Å². The fourth-order valence-electron chi connectivity index (χ4n) is 1.75. The molecule has 1 atom stereocenters. The maximum absolute atomic E-state index is 5.60. The first-order chi connectivity index (χ1) is 8.19. The lowest BCUT2D eigenvalue weighted by atomic mass is 10.2. The molecule has 2 aromatic rings. The van der Waals surface area contributed by atoms with E-state index in [4.69, 9.17) is 4.42 Å². The van der Waals surface area contributed by atoms with Gasteiger partial charge in [-0.1, -0.05) is 6.92 Å². The molecule has 2 heterocycles. The predicted molar refractivity (Wildman–Crippen MR) is 72.4 cm³/mol. The molecule has 0 bridgehead atoms. The van der Waals surface area contributed by atoms with Crippen molar-refractivity contribution in [1.29, 1.82) is 0 Å². The Morgan fingerprint density at radius 3 is 2.59 bits per heavy atom. The number of hydrogen-bond acceptors (Lipinski definition) is 3. The van der Waals surface area contributed by atoms with Gasteiger partial charge in [-0.3, -0.25) is 0 Å². The van der Waals surface area contributed by atoms with E-state index in [-0.39, 0.29) is 6.04 Å². The second kappa shape index (κ2) is 5.52. The number of aryl methyl sites for hydroxylation is 2. The highest BCUT2D eigenvalue weighted by molar-refractivity contribution is 7.11. The normalized spacial score (nSPS) is 12.9. The van der Waals surface area contributed by atoms with Crippen molar-refractivity contribution in [1.82, 2.24) is 5.32 Å². The first-order valence-corrected chi connectivity index (χ1v) is 6.88. The summed E-state index contributed by atoms with van der Waals surface area (Å²) in [6.45, 7) is 7.21. The van der Waals surface area contributed by atoms with Crippen LogP contribution >= 0.6 is 11.3 Å². The largest absolute Gasteiger partial charge is 0.465 e. The summed E-state index contributed by atoms with van der Waals surface area (Å²) in [5.74, 6) is 1.98. The standard InChI is InChI=1S/C14H19NOS/c1-4-12-6-7-13(17-12)9-15-11(3)14-8-5-10(2)16-14/h5-8,11,15H,4,9H2,1-3H3. The van der Waals surface area contributed by atoms with E-state index in [2.05, 4.69) is 31.3 Å². The minimum absolute atomic E-state index is 0.260. The van der Waals surface area contributed by atoms with Crippen molar-refractivity contribution in [2.45, 2.75) is 39.8 Å². The monoisotopic (exact) mass is 249 g/mol. The molecule has 0 saturated heterocycles. The van der Waals surface area contributed by atoms with Crippen LogP contribution in [0.3, 0.4) is 0 Å². The predicted octanol–water partition coefficient (Wildman–Crippen LogP) is 4.06. The van der Waals surface area contributed by atoms with Gasteiger partial charge in [0.05, 0.1) is 6.04 Å². The zero-order valence-electron chi connectivity index (χ0n) is 10.6. The first-order valence-electron chi connectivity index (χ1n) is 6.06. The fraction of sp³-hybridized carbons (Fsp3) is 0.429. The van der Waals surface area contributed by atoms with Crippen molar-refractivity contribution in [2.75, 3.05) is 0 Å². The van der Waals surface area contributed by atoms with Gasteiger partial charge in [0.25, 0.3) is 0 Å². The zero-order valence-corrected chi connectivity index (χ0v) is 11.4. The molecule has 0 aliphatic heterocycles. The van der Waals surface area contributed by atoms with Crippen LogP contribution in [0.5, 0.6) is 0 Å². The van der Waals surface area contributed by atoms with Crippen molar-refractivity contribution in [3.63, 3.8) is 0 Å². The fourth-order valence-corrected chi connectivity index (χ4v) is 2.66. The van der Waals surface area contributed by atoms with Crippen molar-refractivity contribution in [3.8, 4) is 0 Å². The van der Waals surface area contributed by atoms with Crippen molar-refractivity contribution in [3.05, 3.63) is 45.5 Å². The number of rotatable bonds is 5. The van der Waals surface area contributed by atoms with Gasteiger partial charge in [-0.2, -0.15) is 0 Å². The Bertz CT molecular complexity index is 472. The molecule has 0 amide bonds.